The highest BCUT2D eigenvalue weighted by Gasteiger charge is 2.14. The lowest BCUT2D eigenvalue weighted by molar-refractivity contribution is 0.102. The zero-order valence-corrected chi connectivity index (χ0v) is 13.9. The third-order valence-electron chi connectivity index (χ3n) is 3.38. The van der Waals surface area contributed by atoms with Crippen molar-refractivity contribution in [3.05, 3.63) is 82.0 Å². The molecule has 0 atom stereocenters. The van der Waals surface area contributed by atoms with Crippen LogP contribution in [-0.4, -0.2) is 15.7 Å². The summed E-state index contributed by atoms with van der Waals surface area (Å²) in [5.74, 6) is -1.88. The first-order chi connectivity index (χ1) is 11.5. The molecule has 0 radical (unpaired) electrons. The summed E-state index contributed by atoms with van der Waals surface area (Å²) < 4.78 is 29.2. The van der Waals surface area contributed by atoms with Crippen molar-refractivity contribution in [3.63, 3.8) is 0 Å². The normalized spacial score (nSPS) is 10.6. The minimum Gasteiger partial charge on any atom is -0.307 e. The maximum atomic E-state index is 13.7. The molecule has 0 fully saturated rings. The lowest BCUT2D eigenvalue weighted by Crippen LogP contribution is -2.17. The number of carbonyl (C=O) groups is 1. The van der Waals surface area contributed by atoms with Crippen molar-refractivity contribution in [2.75, 3.05) is 5.32 Å². The second kappa shape index (κ2) is 6.92. The van der Waals surface area contributed by atoms with Gasteiger partial charge in [-0.2, -0.15) is 5.10 Å². The largest absolute Gasteiger partial charge is 0.307 e. The van der Waals surface area contributed by atoms with Crippen LogP contribution in [-0.2, 0) is 6.54 Å². The van der Waals surface area contributed by atoms with E-state index in [2.05, 4.69) is 26.3 Å². The minimum atomic E-state index is -0.911. The maximum Gasteiger partial charge on any atom is 0.259 e. The summed E-state index contributed by atoms with van der Waals surface area (Å²) in [6.45, 7) is 0.446. The highest BCUT2D eigenvalue weighted by molar-refractivity contribution is 9.10. The topological polar surface area (TPSA) is 46.9 Å². The van der Waals surface area contributed by atoms with Crippen LogP contribution in [0.15, 0.2) is 59.2 Å². The van der Waals surface area contributed by atoms with E-state index < -0.39 is 17.5 Å². The van der Waals surface area contributed by atoms with Gasteiger partial charge in [-0.15, -0.1) is 0 Å². The lowest BCUT2D eigenvalue weighted by atomic mass is 10.2. The van der Waals surface area contributed by atoms with Gasteiger partial charge in [-0.1, -0.05) is 28.1 Å². The van der Waals surface area contributed by atoms with Crippen LogP contribution in [0.4, 0.5) is 14.6 Å². The molecule has 3 rings (SSSR count). The van der Waals surface area contributed by atoms with Crippen LogP contribution in [0.2, 0.25) is 0 Å². The average Bonchev–Trinajstić information content (AvgIpc) is 2.96. The SMILES string of the molecule is O=C(Nc1ccnn1Cc1ccc(Br)cc1)c1ccc(F)cc1F. The highest BCUT2D eigenvalue weighted by atomic mass is 79.9. The van der Waals surface area contributed by atoms with E-state index in [0.717, 1.165) is 22.2 Å². The Morgan fingerprint density at radius 3 is 2.58 bits per heavy atom. The summed E-state index contributed by atoms with van der Waals surface area (Å²) >= 11 is 3.37. The Kier molecular flexibility index (Phi) is 4.71. The van der Waals surface area contributed by atoms with Gasteiger partial charge in [0.2, 0.25) is 0 Å². The number of carbonyl (C=O) groups excluding carboxylic acids is 1. The van der Waals surface area contributed by atoms with Crippen LogP contribution in [0.1, 0.15) is 15.9 Å². The van der Waals surface area contributed by atoms with Gasteiger partial charge in [0.05, 0.1) is 18.3 Å². The fourth-order valence-electron chi connectivity index (χ4n) is 2.18. The molecule has 7 heteroatoms. The zero-order chi connectivity index (χ0) is 17.1. The first kappa shape index (κ1) is 16.3. The summed E-state index contributed by atoms with van der Waals surface area (Å²) in [7, 11) is 0. The van der Waals surface area contributed by atoms with Gasteiger partial charge >= 0.3 is 0 Å². The molecule has 0 aliphatic carbocycles. The molecule has 0 bridgehead atoms. The fraction of sp³-hybridized carbons (Fsp3) is 0.0588. The molecule has 0 saturated heterocycles. The van der Waals surface area contributed by atoms with Crippen molar-refractivity contribution in [1.82, 2.24) is 9.78 Å². The number of rotatable bonds is 4. The Morgan fingerprint density at radius 1 is 1.12 bits per heavy atom. The zero-order valence-electron chi connectivity index (χ0n) is 12.3. The van der Waals surface area contributed by atoms with E-state index in [9.17, 15) is 13.6 Å². The van der Waals surface area contributed by atoms with Crippen molar-refractivity contribution in [1.29, 1.82) is 0 Å². The molecule has 3 aromatic rings. The summed E-state index contributed by atoms with van der Waals surface area (Å²) in [6, 6.07) is 12.1. The van der Waals surface area contributed by atoms with E-state index in [1.165, 1.54) is 6.20 Å². The molecule has 24 heavy (non-hydrogen) atoms. The van der Waals surface area contributed by atoms with E-state index in [1.807, 2.05) is 24.3 Å². The van der Waals surface area contributed by atoms with E-state index in [0.29, 0.717) is 18.4 Å². The first-order valence-electron chi connectivity index (χ1n) is 7.05. The van der Waals surface area contributed by atoms with E-state index >= 15 is 0 Å². The monoisotopic (exact) mass is 391 g/mol. The summed E-state index contributed by atoms with van der Waals surface area (Å²) in [4.78, 5) is 12.2. The maximum absolute atomic E-state index is 13.7. The standard InChI is InChI=1S/C17H12BrF2N3O/c18-12-3-1-11(2-4-12)10-23-16(7-8-21-23)22-17(24)14-6-5-13(19)9-15(14)20/h1-9H,10H2,(H,22,24). The fourth-order valence-corrected chi connectivity index (χ4v) is 2.45. The van der Waals surface area contributed by atoms with Gasteiger partial charge in [-0.25, -0.2) is 13.5 Å². The average molecular weight is 392 g/mol. The quantitative estimate of drug-likeness (QED) is 0.723. The van der Waals surface area contributed by atoms with Gasteiger partial charge in [0.1, 0.15) is 17.5 Å². The van der Waals surface area contributed by atoms with Crippen LogP contribution in [0.25, 0.3) is 0 Å². The van der Waals surface area contributed by atoms with Crippen molar-refractivity contribution in [2.24, 2.45) is 0 Å². The Labute approximate surface area is 145 Å². The molecule has 0 saturated carbocycles. The molecule has 4 nitrogen and oxygen atoms in total. The molecular weight excluding hydrogens is 380 g/mol. The van der Waals surface area contributed by atoms with Crippen LogP contribution < -0.4 is 5.32 Å². The number of halogens is 3. The lowest BCUT2D eigenvalue weighted by Gasteiger charge is -2.10. The van der Waals surface area contributed by atoms with Gasteiger partial charge in [-0.3, -0.25) is 4.79 Å². The van der Waals surface area contributed by atoms with E-state index in [1.54, 1.807) is 10.7 Å². The number of hydrogen-bond donors (Lipinski definition) is 1. The van der Waals surface area contributed by atoms with Crippen LogP contribution >= 0.6 is 15.9 Å². The van der Waals surface area contributed by atoms with E-state index in [4.69, 9.17) is 0 Å². The summed E-state index contributed by atoms with van der Waals surface area (Å²) in [5.41, 5.74) is 0.762. The van der Waals surface area contributed by atoms with Gasteiger partial charge in [0.25, 0.3) is 5.91 Å². The Hall–Kier alpha value is -2.54. The van der Waals surface area contributed by atoms with Gasteiger partial charge in [0.15, 0.2) is 0 Å². The summed E-state index contributed by atoms with van der Waals surface area (Å²) in [5, 5.41) is 6.74. The molecule has 122 valence electrons. The number of anilines is 1. The van der Waals surface area contributed by atoms with Gasteiger partial charge in [0, 0.05) is 16.6 Å². The number of nitrogens with one attached hydrogen (secondary N) is 1. The van der Waals surface area contributed by atoms with Crippen molar-refractivity contribution < 1.29 is 13.6 Å². The number of benzene rings is 2. The third-order valence-corrected chi connectivity index (χ3v) is 3.91. The Balaban J connectivity index is 1.77. The molecule has 0 aliphatic heterocycles. The Morgan fingerprint density at radius 2 is 1.88 bits per heavy atom. The van der Waals surface area contributed by atoms with Crippen molar-refractivity contribution >= 4 is 27.7 Å². The minimum absolute atomic E-state index is 0.229. The summed E-state index contributed by atoms with van der Waals surface area (Å²) in [6.07, 6.45) is 1.54. The molecule has 0 spiro atoms. The second-order valence-electron chi connectivity index (χ2n) is 5.08. The Bertz CT molecular complexity index is 878. The molecule has 0 aliphatic rings. The molecule has 1 aromatic heterocycles. The first-order valence-corrected chi connectivity index (χ1v) is 7.85. The third kappa shape index (κ3) is 3.68. The number of nitrogens with zero attached hydrogens (tertiary/aromatic N) is 2. The molecule has 2 aromatic carbocycles. The molecular formula is C17H12BrF2N3O. The van der Waals surface area contributed by atoms with Crippen LogP contribution in [0.3, 0.4) is 0 Å². The van der Waals surface area contributed by atoms with E-state index in [-0.39, 0.29) is 5.56 Å². The van der Waals surface area contributed by atoms with Crippen LogP contribution in [0.5, 0.6) is 0 Å². The number of hydrogen-bond acceptors (Lipinski definition) is 2. The molecule has 1 heterocycles. The van der Waals surface area contributed by atoms with Gasteiger partial charge in [-0.05, 0) is 29.8 Å². The molecule has 0 unspecified atom stereocenters. The number of aromatic nitrogens is 2. The van der Waals surface area contributed by atoms with Gasteiger partial charge < -0.3 is 5.32 Å². The molecule has 1 amide bonds. The van der Waals surface area contributed by atoms with Crippen molar-refractivity contribution in [2.45, 2.75) is 6.54 Å². The smallest absolute Gasteiger partial charge is 0.259 e. The van der Waals surface area contributed by atoms with Crippen molar-refractivity contribution in [3.8, 4) is 0 Å². The predicted molar refractivity (Wildman–Crippen MR) is 89.8 cm³/mol. The van der Waals surface area contributed by atoms with Crippen LogP contribution in [0, 0.1) is 11.6 Å². The number of amides is 1. The predicted octanol–water partition coefficient (Wildman–Crippen LogP) is 4.22. The second-order valence-corrected chi connectivity index (χ2v) is 5.99. The molecule has 1 N–H and O–H groups in total. The highest BCUT2D eigenvalue weighted by Crippen LogP contribution is 2.16.